The van der Waals surface area contributed by atoms with Crippen molar-refractivity contribution in [2.45, 2.75) is 62.4 Å². The number of anilines is 1. The molecule has 1 atom stereocenters. The Morgan fingerprint density at radius 1 is 0.927 bits per heavy atom. The van der Waals surface area contributed by atoms with Crippen LogP contribution < -0.4 is 9.62 Å². The van der Waals surface area contributed by atoms with Crippen LogP contribution in [0, 0.1) is 0 Å². The van der Waals surface area contributed by atoms with Gasteiger partial charge in [0, 0.05) is 22.6 Å². The smallest absolute Gasteiger partial charge is 0.264 e. The fourth-order valence-electron chi connectivity index (χ4n) is 5.20. The summed E-state index contributed by atoms with van der Waals surface area (Å²) >= 11 is 12.5. The molecule has 0 bridgehead atoms. The first kappa shape index (κ1) is 30.9. The molecule has 1 aliphatic carbocycles. The van der Waals surface area contributed by atoms with Gasteiger partial charge in [-0.3, -0.25) is 13.9 Å². The number of carbonyl (C=O) groups excluding carboxylic acids is 2. The number of hydrogen-bond donors (Lipinski definition) is 1. The molecular weight excluding hydrogens is 581 g/mol. The van der Waals surface area contributed by atoms with E-state index in [9.17, 15) is 18.0 Å². The average Bonchev–Trinajstić information content (AvgIpc) is 3.47. The van der Waals surface area contributed by atoms with E-state index >= 15 is 0 Å². The van der Waals surface area contributed by atoms with Crippen molar-refractivity contribution in [2.75, 3.05) is 17.4 Å². The van der Waals surface area contributed by atoms with Crippen molar-refractivity contribution >= 4 is 50.7 Å². The second-order valence-corrected chi connectivity index (χ2v) is 12.9. The Bertz CT molecular complexity index is 1410. The lowest BCUT2D eigenvalue weighted by molar-refractivity contribution is -0.139. The van der Waals surface area contributed by atoms with E-state index in [-0.39, 0.29) is 39.1 Å². The van der Waals surface area contributed by atoms with E-state index in [0.29, 0.717) is 12.8 Å². The highest BCUT2D eigenvalue weighted by Crippen LogP contribution is 2.30. The molecule has 41 heavy (non-hydrogen) atoms. The zero-order chi connectivity index (χ0) is 29.4. The molecule has 0 aromatic heterocycles. The van der Waals surface area contributed by atoms with Crippen LogP contribution in [0.1, 0.15) is 44.6 Å². The fraction of sp³-hybridized carbons (Fsp3) is 0.355. The number of nitrogens with one attached hydrogen (secondary N) is 1. The highest BCUT2D eigenvalue weighted by atomic mass is 35.5. The molecule has 0 heterocycles. The van der Waals surface area contributed by atoms with Gasteiger partial charge in [-0.2, -0.15) is 0 Å². The van der Waals surface area contributed by atoms with Gasteiger partial charge in [0.15, 0.2) is 0 Å². The van der Waals surface area contributed by atoms with Crippen molar-refractivity contribution in [3.63, 3.8) is 0 Å². The predicted molar refractivity (Wildman–Crippen MR) is 164 cm³/mol. The summed E-state index contributed by atoms with van der Waals surface area (Å²) in [5.41, 5.74) is 1.16. The highest BCUT2D eigenvalue weighted by Gasteiger charge is 2.34. The Balaban J connectivity index is 1.69. The number of rotatable bonds is 12. The second-order valence-electron chi connectivity index (χ2n) is 10.2. The number of amides is 2. The molecule has 1 saturated carbocycles. The molecule has 218 valence electrons. The third kappa shape index (κ3) is 8.03. The van der Waals surface area contributed by atoms with E-state index in [1.54, 1.807) is 18.2 Å². The van der Waals surface area contributed by atoms with Gasteiger partial charge >= 0.3 is 0 Å². The van der Waals surface area contributed by atoms with Crippen molar-refractivity contribution in [3.8, 4) is 0 Å². The maximum atomic E-state index is 14.1. The van der Waals surface area contributed by atoms with Crippen LogP contribution in [-0.2, 0) is 26.0 Å². The lowest BCUT2D eigenvalue weighted by atomic mass is 10.1. The first-order valence-electron chi connectivity index (χ1n) is 13.9. The lowest BCUT2D eigenvalue weighted by Crippen LogP contribution is -2.54. The minimum absolute atomic E-state index is 0.0192. The molecule has 0 aliphatic heterocycles. The third-order valence-corrected chi connectivity index (χ3v) is 9.54. The summed E-state index contributed by atoms with van der Waals surface area (Å²) in [4.78, 5) is 29.1. The van der Waals surface area contributed by atoms with Crippen molar-refractivity contribution in [1.29, 1.82) is 0 Å². The van der Waals surface area contributed by atoms with Crippen molar-refractivity contribution in [3.05, 3.63) is 94.5 Å². The Morgan fingerprint density at radius 3 is 2.10 bits per heavy atom. The van der Waals surface area contributed by atoms with E-state index < -0.39 is 28.5 Å². The Kier molecular flexibility index (Phi) is 10.7. The minimum atomic E-state index is -4.19. The summed E-state index contributed by atoms with van der Waals surface area (Å²) < 4.78 is 28.8. The first-order valence-corrected chi connectivity index (χ1v) is 16.1. The number of hydrogen-bond acceptors (Lipinski definition) is 4. The number of benzene rings is 3. The predicted octanol–water partition coefficient (Wildman–Crippen LogP) is 6.10. The van der Waals surface area contributed by atoms with Crippen molar-refractivity contribution in [1.82, 2.24) is 10.2 Å². The maximum absolute atomic E-state index is 14.1. The molecule has 0 spiro atoms. The maximum Gasteiger partial charge on any atom is 0.264 e. The highest BCUT2D eigenvalue weighted by molar-refractivity contribution is 7.92. The van der Waals surface area contributed by atoms with Crippen molar-refractivity contribution in [2.24, 2.45) is 0 Å². The van der Waals surface area contributed by atoms with Gasteiger partial charge in [0.1, 0.15) is 12.6 Å². The normalized spacial score (nSPS) is 14.4. The number of carbonyl (C=O) groups is 2. The van der Waals surface area contributed by atoms with Crippen LogP contribution in [0.4, 0.5) is 5.69 Å². The van der Waals surface area contributed by atoms with Crippen LogP contribution in [0.5, 0.6) is 0 Å². The summed E-state index contributed by atoms with van der Waals surface area (Å²) in [6, 6.07) is 21.3. The van der Waals surface area contributed by atoms with Crippen LogP contribution in [0.15, 0.2) is 83.8 Å². The quantitative estimate of drug-likeness (QED) is 0.267. The standard InChI is InChI=1S/C31H35Cl2N3O4S/c1-2-29(31(38)34-26-13-9-10-14-26)35(18-17-23-11-5-3-6-12-23)30(37)22-36(27-20-24(32)19-25(33)21-27)41(39,40)28-15-7-4-8-16-28/h3-8,11-12,15-16,19-21,26,29H,2,9-10,13-14,17-18,22H2,1H3,(H,34,38). The van der Waals surface area contributed by atoms with Crippen LogP contribution >= 0.6 is 23.2 Å². The van der Waals surface area contributed by atoms with Gasteiger partial charge < -0.3 is 10.2 Å². The van der Waals surface area contributed by atoms with E-state index in [4.69, 9.17) is 23.2 Å². The largest absolute Gasteiger partial charge is 0.352 e. The monoisotopic (exact) mass is 615 g/mol. The Labute approximate surface area is 252 Å². The number of halogens is 2. The molecule has 1 N–H and O–H groups in total. The summed E-state index contributed by atoms with van der Waals surface area (Å²) in [7, 11) is -4.19. The SMILES string of the molecule is CCC(C(=O)NC1CCCC1)N(CCc1ccccc1)C(=O)CN(c1cc(Cl)cc(Cl)c1)S(=O)(=O)c1ccccc1. The van der Waals surface area contributed by atoms with E-state index in [0.717, 1.165) is 35.6 Å². The third-order valence-electron chi connectivity index (χ3n) is 7.32. The molecule has 0 radical (unpaired) electrons. The number of sulfonamides is 1. The molecule has 1 fully saturated rings. The molecule has 10 heteroatoms. The molecule has 2 amide bonds. The van der Waals surface area contributed by atoms with E-state index in [1.165, 1.54) is 35.2 Å². The van der Waals surface area contributed by atoms with Gasteiger partial charge in [0.05, 0.1) is 10.6 Å². The van der Waals surface area contributed by atoms with E-state index in [1.807, 2.05) is 37.3 Å². The van der Waals surface area contributed by atoms with Crippen molar-refractivity contribution < 1.29 is 18.0 Å². The molecule has 4 rings (SSSR count). The molecule has 7 nitrogen and oxygen atoms in total. The van der Waals surface area contributed by atoms with Gasteiger partial charge in [-0.1, -0.05) is 91.5 Å². The van der Waals surface area contributed by atoms with Gasteiger partial charge in [0.2, 0.25) is 11.8 Å². The Morgan fingerprint density at radius 2 is 1.51 bits per heavy atom. The molecule has 0 saturated heterocycles. The molecule has 1 unspecified atom stereocenters. The molecular formula is C31H35Cl2N3O4S. The van der Waals surface area contributed by atoms with Crippen LogP contribution in [0.2, 0.25) is 10.0 Å². The van der Waals surface area contributed by atoms with Gasteiger partial charge in [-0.05, 0) is 61.6 Å². The summed E-state index contributed by atoms with van der Waals surface area (Å²) in [6.45, 7) is 1.57. The van der Waals surface area contributed by atoms with Crippen LogP contribution in [0.3, 0.4) is 0 Å². The van der Waals surface area contributed by atoms with Crippen LogP contribution in [-0.4, -0.2) is 50.3 Å². The lowest BCUT2D eigenvalue weighted by Gasteiger charge is -2.33. The van der Waals surface area contributed by atoms with Gasteiger partial charge in [-0.25, -0.2) is 8.42 Å². The molecule has 3 aromatic carbocycles. The van der Waals surface area contributed by atoms with E-state index in [2.05, 4.69) is 5.32 Å². The zero-order valence-electron chi connectivity index (χ0n) is 23.0. The zero-order valence-corrected chi connectivity index (χ0v) is 25.3. The van der Waals surface area contributed by atoms with Gasteiger partial charge in [0.25, 0.3) is 10.0 Å². The van der Waals surface area contributed by atoms with Crippen LogP contribution in [0.25, 0.3) is 0 Å². The molecule has 3 aromatic rings. The summed E-state index contributed by atoms with van der Waals surface area (Å²) in [5.74, 6) is -0.714. The molecule has 1 aliphatic rings. The topological polar surface area (TPSA) is 86.8 Å². The second kappa shape index (κ2) is 14.2. The summed E-state index contributed by atoms with van der Waals surface area (Å²) in [6.07, 6.45) is 4.85. The first-order chi connectivity index (χ1) is 19.7. The van der Waals surface area contributed by atoms with Gasteiger partial charge in [-0.15, -0.1) is 0 Å². The number of nitrogens with zero attached hydrogens (tertiary/aromatic N) is 2. The minimum Gasteiger partial charge on any atom is -0.352 e. The fourth-order valence-corrected chi connectivity index (χ4v) is 7.13. The Hall–Kier alpha value is -3.07. The average molecular weight is 617 g/mol. The summed E-state index contributed by atoms with van der Waals surface area (Å²) in [5, 5.41) is 3.59.